The first-order valence-electron chi connectivity index (χ1n) is 21.4. The first-order valence-corrected chi connectivity index (χ1v) is 23.4. The van der Waals surface area contributed by atoms with Crippen LogP contribution in [0.2, 0.25) is 0 Å². The SMILES string of the molecule is C.CC(=O)O.N.O=C(Cn1c(SCc2ccc(F)cc2)nc(=O)c2c1CCC2)OCC(=O)c1ccccc1.O=c1nc(SCc2ccc(F)cc2)n(Cc2ncc(-c3ccccc3)[nH]2)c2c1CCC2. The zero-order chi connectivity index (χ0) is 47.3. The molecule has 14 nitrogen and oxygen atoms in total. The molecule has 360 valence electrons. The summed E-state index contributed by atoms with van der Waals surface area (Å²) in [5.74, 6) is -0.369. The van der Waals surface area contributed by atoms with Crippen LogP contribution in [0.3, 0.4) is 0 Å². The van der Waals surface area contributed by atoms with Crippen LogP contribution < -0.4 is 17.3 Å². The summed E-state index contributed by atoms with van der Waals surface area (Å²) in [7, 11) is 0. The van der Waals surface area contributed by atoms with Crippen molar-refractivity contribution in [1.29, 1.82) is 0 Å². The number of fused-ring (bicyclic) bond motifs is 2. The standard InChI is InChI=1S/C24H21FN4OS.C24H21FN2O4S.C2H4O2.CH4.H3N/c25-18-11-9-16(10-12-18)15-31-24-28-23(30)19-7-4-8-21(19)29(24)14-22-26-13-20(27-22)17-5-2-1-3-6-17;25-18-11-9-16(10-12-18)15-32-24-26-23(30)19-7-4-8-20(19)27(24)13-22(29)31-14-21(28)17-5-2-1-3-6-17;1-2(3)4;;/h1-3,5-6,9-13H,4,7-8,14-15H2,(H,26,27);1-3,5-6,9-12H,4,7-8,13-15H2;1H3,(H,3,4);1H4;1H3. The summed E-state index contributed by atoms with van der Waals surface area (Å²) in [6.07, 6.45) is 6.57. The highest BCUT2D eigenvalue weighted by molar-refractivity contribution is 7.98. The summed E-state index contributed by atoms with van der Waals surface area (Å²) in [4.78, 5) is 75.3. The highest BCUT2D eigenvalue weighted by Gasteiger charge is 2.25. The number of aliphatic carboxylic acids is 1. The van der Waals surface area contributed by atoms with Crippen molar-refractivity contribution < 1.29 is 33.0 Å². The van der Waals surface area contributed by atoms with Crippen molar-refractivity contribution in [1.82, 2.24) is 35.2 Å². The number of carbonyl (C=O) groups excluding carboxylic acids is 2. The van der Waals surface area contributed by atoms with E-state index in [2.05, 4.69) is 24.5 Å². The third kappa shape index (κ3) is 14.5. The molecule has 0 unspecified atom stereocenters. The zero-order valence-corrected chi connectivity index (χ0v) is 38.8. The van der Waals surface area contributed by atoms with Crippen molar-refractivity contribution in [2.45, 2.75) is 87.8 Å². The molecule has 0 bridgehead atoms. The molecule has 7 aromatic rings. The Hall–Kier alpha value is -7.02. The number of ether oxygens (including phenoxy) is 1. The maximum Gasteiger partial charge on any atom is 0.326 e. The molecule has 3 aromatic heterocycles. The lowest BCUT2D eigenvalue weighted by molar-refractivity contribution is -0.143. The van der Waals surface area contributed by atoms with Crippen LogP contribution in [0.5, 0.6) is 0 Å². The number of carboxylic acid groups (broad SMARTS) is 1. The predicted molar refractivity (Wildman–Crippen MR) is 263 cm³/mol. The number of carboxylic acids is 1. The van der Waals surface area contributed by atoms with E-state index in [4.69, 9.17) is 14.6 Å². The summed E-state index contributed by atoms with van der Waals surface area (Å²) in [5.41, 5.74) is 7.25. The average molecular weight is 978 g/mol. The van der Waals surface area contributed by atoms with E-state index in [1.165, 1.54) is 47.8 Å². The van der Waals surface area contributed by atoms with E-state index < -0.39 is 11.9 Å². The van der Waals surface area contributed by atoms with Crippen LogP contribution in [0.15, 0.2) is 135 Å². The number of thioether (sulfide) groups is 2. The number of hydrogen-bond donors (Lipinski definition) is 3. The largest absolute Gasteiger partial charge is 0.481 e. The molecule has 0 fully saturated rings. The topological polar surface area (TPSA) is 214 Å². The summed E-state index contributed by atoms with van der Waals surface area (Å²) in [5, 5.41) is 8.50. The second kappa shape index (κ2) is 25.4. The smallest absolute Gasteiger partial charge is 0.326 e. The van der Waals surface area contributed by atoms with Gasteiger partial charge in [0.2, 0.25) is 0 Å². The van der Waals surface area contributed by atoms with Crippen molar-refractivity contribution in [2.75, 3.05) is 6.61 Å². The average Bonchev–Trinajstić information content (AvgIpc) is 4.14. The van der Waals surface area contributed by atoms with Gasteiger partial charge in [0.15, 0.2) is 22.7 Å². The van der Waals surface area contributed by atoms with Gasteiger partial charge in [-0.3, -0.25) is 24.0 Å². The number of imidazole rings is 1. The lowest BCUT2D eigenvalue weighted by Crippen LogP contribution is -2.26. The van der Waals surface area contributed by atoms with Crippen LogP contribution in [-0.4, -0.2) is 58.5 Å². The van der Waals surface area contributed by atoms with E-state index in [1.807, 2.05) is 36.5 Å². The fourth-order valence-electron chi connectivity index (χ4n) is 7.56. The molecule has 0 aliphatic heterocycles. The molecule has 3 heterocycles. The van der Waals surface area contributed by atoms with E-state index in [9.17, 15) is 28.0 Å². The number of halogens is 2. The molecular formula is C51H53F2N7O7S2. The highest BCUT2D eigenvalue weighted by atomic mass is 32.2. The molecule has 0 amide bonds. The summed E-state index contributed by atoms with van der Waals surface area (Å²) < 4.78 is 35.4. The van der Waals surface area contributed by atoms with Crippen molar-refractivity contribution in [3.63, 3.8) is 0 Å². The molecule has 9 rings (SSSR count). The van der Waals surface area contributed by atoms with Gasteiger partial charge < -0.3 is 30.1 Å². The molecule has 0 saturated carbocycles. The van der Waals surface area contributed by atoms with Gasteiger partial charge in [0.1, 0.15) is 24.0 Å². The molecule has 0 saturated heterocycles. The van der Waals surface area contributed by atoms with Crippen LogP contribution >= 0.6 is 23.5 Å². The predicted octanol–water partition coefficient (Wildman–Crippen LogP) is 9.08. The Kier molecular flexibility index (Phi) is 19.5. The van der Waals surface area contributed by atoms with Gasteiger partial charge in [0.25, 0.3) is 17.1 Å². The summed E-state index contributed by atoms with van der Waals surface area (Å²) >= 11 is 2.80. The van der Waals surface area contributed by atoms with Crippen LogP contribution in [0.25, 0.3) is 11.3 Å². The van der Waals surface area contributed by atoms with Gasteiger partial charge in [0.05, 0.1) is 18.4 Å². The van der Waals surface area contributed by atoms with Crippen molar-refractivity contribution in [3.8, 4) is 11.3 Å². The minimum Gasteiger partial charge on any atom is -0.481 e. The number of H-pyrrole nitrogens is 1. The molecule has 69 heavy (non-hydrogen) atoms. The van der Waals surface area contributed by atoms with Gasteiger partial charge in [-0.1, -0.05) is 116 Å². The number of esters is 1. The Morgan fingerprint density at radius 2 is 1.19 bits per heavy atom. The Morgan fingerprint density at radius 3 is 1.71 bits per heavy atom. The van der Waals surface area contributed by atoms with Gasteiger partial charge in [-0.25, -0.2) is 13.8 Å². The zero-order valence-electron chi connectivity index (χ0n) is 37.2. The van der Waals surface area contributed by atoms with E-state index in [0.717, 1.165) is 77.8 Å². The Balaban J connectivity index is 0.000000233. The highest BCUT2D eigenvalue weighted by Crippen LogP contribution is 2.29. The molecule has 18 heteroatoms. The molecule has 0 radical (unpaired) electrons. The molecule has 0 spiro atoms. The molecule has 2 aliphatic carbocycles. The van der Waals surface area contributed by atoms with Gasteiger partial charge in [0, 0.05) is 46.5 Å². The quantitative estimate of drug-likeness (QED) is 0.0402. The number of nitrogens with one attached hydrogen (secondary N) is 1. The monoisotopic (exact) mass is 977 g/mol. The van der Waals surface area contributed by atoms with E-state index in [0.29, 0.717) is 52.3 Å². The summed E-state index contributed by atoms with van der Waals surface area (Å²) in [6, 6.07) is 31.2. The Morgan fingerprint density at radius 1 is 0.710 bits per heavy atom. The van der Waals surface area contributed by atoms with Gasteiger partial charge in [-0.05, 0) is 79.5 Å². The molecule has 4 aromatic carbocycles. The van der Waals surface area contributed by atoms with Crippen LogP contribution in [-0.2, 0) is 64.6 Å². The maximum atomic E-state index is 13.2. The lowest BCUT2D eigenvalue weighted by Gasteiger charge is -2.16. The number of benzene rings is 4. The Labute approximate surface area is 406 Å². The van der Waals surface area contributed by atoms with E-state index in [1.54, 1.807) is 59.2 Å². The van der Waals surface area contributed by atoms with Gasteiger partial charge in [-0.2, -0.15) is 9.97 Å². The lowest BCUT2D eigenvalue weighted by atomic mass is 10.1. The second-order valence-corrected chi connectivity index (χ2v) is 17.4. The van der Waals surface area contributed by atoms with Crippen molar-refractivity contribution in [3.05, 3.63) is 193 Å². The van der Waals surface area contributed by atoms with Crippen molar-refractivity contribution >= 4 is 41.2 Å². The number of ketones is 1. The van der Waals surface area contributed by atoms with Crippen molar-refractivity contribution in [2.24, 2.45) is 0 Å². The number of nitrogens with zero attached hydrogens (tertiary/aromatic N) is 5. The fraction of sp³-hybridized carbons (Fsp3) is 0.255. The first kappa shape index (κ1) is 52.9. The van der Waals surface area contributed by atoms with Gasteiger partial charge >= 0.3 is 5.97 Å². The fourth-order valence-corrected chi connectivity index (χ4v) is 9.49. The molecule has 2 aliphatic rings. The van der Waals surface area contributed by atoms with Crippen LogP contribution in [0, 0.1) is 11.6 Å². The molecule has 5 N–H and O–H groups in total. The maximum absolute atomic E-state index is 13.2. The number of Topliss-reactive ketones (excluding diaryl/α,β-unsaturated/α-hetero) is 1. The van der Waals surface area contributed by atoms with Crippen LogP contribution in [0.4, 0.5) is 8.78 Å². The normalized spacial score (nSPS) is 11.9. The number of rotatable bonds is 14. The molecule has 0 atom stereocenters. The summed E-state index contributed by atoms with van der Waals surface area (Å²) in [6.45, 7) is 1.12. The van der Waals surface area contributed by atoms with E-state index in [-0.39, 0.29) is 55.3 Å². The third-order valence-corrected chi connectivity index (χ3v) is 12.8. The number of aromatic nitrogens is 6. The molecular weight excluding hydrogens is 925 g/mol. The van der Waals surface area contributed by atoms with Crippen LogP contribution in [0.1, 0.15) is 77.0 Å². The first-order chi connectivity index (χ1) is 32.4. The number of carbonyl (C=O) groups is 3. The van der Waals surface area contributed by atoms with E-state index >= 15 is 0 Å². The number of hydrogen-bond acceptors (Lipinski definition) is 12. The second-order valence-electron chi connectivity index (χ2n) is 15.5. The number of aromatic amines is 1. The third-order valence-electron chi connectivity index (χ3n) is 10.7. The van der Waals surface area contributed by atoms with Gasteiger partial charge in [-0.15, -0.1) is 0 Å². The minimum absolute atomic E-state index is 0. The Bertz CT molecular complexity index is 2960. The minimum atomic E-state index is -0.833.